The minimum absolute atomic E-state index is 0.00498. The molecule has 0 spiro atoms. The number of hydrogen-bond acceptors (Lipinski definition) is 4. The minimum Gasteiger partial charge on any atom is -0.286 e. The van der Waals surface area contributed by atoms with E-state index in [4.69, 9.17) is 0 Å². The second-order valence-electron chi connectivity index (χ2n) is 5.39. The van der Waals surface area contributed by atoms with Crippen molar-refractivity contribution < 1.29 is 26.3 Å². The molecule has 1 aromatic rings. The van der Waals surface area contributed by atoms with Gasteiger partial charge in [-0.05, 0) is 36.8 Å². The summed E-state index contributed by atoms with van der Waals surface area (Å²) in [5.41, 5.74) is -4.11. The van der Waals surface area contributed by atoms with E-state index in [0.717, 1.165) is 17.2 Å². The van der Waals surface area contributed by atoms with Crippen LogP contribution in [0.15, 0.2) is 58.4 Å². The van der Waals surface area contributed by atoms with Gasteiger partial charge in [-0.3, -0.25) is 9.88 Å². The van der Waals surface area contributed by atoms with E-state index in [9.17, 15) is 26.3 Å². The van der Waals surface area contributed by atoms with Gasteiger partial charge in [0, 0.05) is 24.2 Å². The van der Waals surface area contributed by atoms with Gasteiger partial charge in [0.1, 0.15) is 11.7 Å². The highest BCUT2D eigenvalue weighted by Gasteiger charge is 2.73. The predicted molar refractivity (Wildman–Crippen MR) is 77.8 cm³/mol. The van der Waals surface area contributed by atoms with Crippen LogP contribution in [-0.2, 0) is 0 Å². The third kappa shape index (κ3) is 2.71. The van der Waals surface area contributed by atoms with E-state index in [1.807, 2.05) is 0 Å². The molecule has 132 valence electrons. The highest BCUT2D eigenvalue weighted by Crippen LogP contribution is 2.49. The molecule has 25 heavy (non-hydrogen) atoms. The molecule has 3 rings (SSSR count). The van der Waals surface area contributed by atoms with Crippen molar-refractivity contribution >= 4 is 11.7 Å². The fraction of sp³-hybridized carbons (Fsp3) is 0.267. The van der Waals surface area contributed by atoms with Crippen LogP contribution in [0, 0.1) is 0 Å². The molecule has 0 saturated heterocycles. The molecule has 2 aliphatic rings. The third-order valence-electron chi connectivity index (χ3n) is 3.57. The molecule has 0 N–H and O–H groups in total. The molecular weight excluding hydrogens is 350 g/mol. The highest BCUT2D eigenvalue weighted by molar-refractivity contribution is 6.15. The number of nitrogens with zero attached hydrogens (tertiary/aromatic N) is 4. The van der Waals surface area contributed by atoms with Crippen LogP contribution in [0.4, 0.5) is 26.3 Å². The number of alkyl halides is 6. The Morgan fingerprint density at radius 1 is 1.04 bits per heavy atom. The summed E-state index contributed by atoms with van der Waals surface area (Å²) in [6, 6.07) is 2.71. The van der Waals surface area contributed by atoms with Crippen molar-refractivity contribution in [3.05, 3.63) is 54.0 Å². The minimum atomic E-state index is -5.76. The lowest BCUT2D eigenvalue weighted by molar-refractivity contribution is -0.292. The summed E-state index contributed by atoms with van der Waals surface area (Å²) in [4.78, 5) is 10.8. The molecule has 3 heterocycles. The van der Waals surface area contributed by atoms with Gasteiger partial charge in [0.05, 0.1) is 0 Å². The summed E-state index contributed by atoms with van der Waals surface area (Å²) in [7, 11) is 0. The summed E-state index contributed by atoms with van der Waals surface area (Å²) in [5.74, 6) is -1.03. The van der Waals surface area contributed by atoms with Gasteiger partial charge in [0.25, 0.3) is 0 Å². The van der Waals surface area contributed by atoms with E-state index in [2.05, 4.69) is 15.0 Å². The van der Waals surface area contributed by atoms with Crippen molar-refractivity contribution in [3.63, 3.8) is 0 Å². The maximum atomic E-state index is 13.4. The molecule has 0 saturated carbocycles. The first-order chi connectivity index (χ1) is 11.6. The molecule has 2 aliphatic heterocycles. The molecule has 4 nitrogen and oxygen atoms in total. The maximum absolute atomic E-state index is 13.4. The summed E-state index contributed by atoms with van der Waals surface area (Å²) in [6.07, 6.45) is -5.06. The molecule has 0 radical (unpaired) electrons. The van der Waals surface area contributed by atoms with E-state index in [1.165, 1.54) is 37.5 Å². The van der Waals surface area contributed by atoms with E-state index >= 15 is 0 Å². The van der Waals surface area contributed by atoms with Crippen LogP contribution in [0.5, 0.6) is 0 Å². The monoisotopic (exact) mass is 360 g/mol. The lowest BCUT2D eigenvalue weighted by Crippen LogP contribution is -2.58. The van der Waals surface area contributed by atoms with Gasteiger partial charge in [0.15, 0.2) is 0 Å². The fourth-order valence-electron chi connectivity index (χ4n) is 2.37. The second-order valence-corrected chi connectivity index (χ2v) is 5.39. The molecule has 0 unspecified atom stereocenters. The van der Waals surface area contributed by atoms with Crippen LogP contribution in [0.25, 0.3) is 0 Å². The summed E-state index contributed by atoms with van der Waals surface area (Å²) < 4.78 is 80.6. The molecule has 10 heteroatoms. The molecule has 0 atom stereocenters. The average Bonchev–Trinajstić information content (AvgIpc) is 2.52. The standard InChI is InChI=1S/C15H10F6N4/c1-9-4-6-25-11(7-9)23-13(14(16,17)18,15(19,20)21)24-12(25)10-3-2-5-22-8-10/h2-8H,1H3. The topological polar surface area (TPSA) is 40.9 Å². The normalized spacial score (nSPS) is 19.8. The van der Waals surface area contributed by atoms with Crippen molar-refractivity contribution in [2.24, 2.45) is 9.98 Å². The maximum Gasteiger partial charge on any atom is 0.443 e. The van der Waals surface area contributed by atoms with Crippen LogP contribution < -0.4 is 0 Å². The molecule has 0 aromatic carbocycles. The lowest BCUT2D eigenvalue weighted by atomic mass is 10.1. The van der Waals surface area contributed by atoms with Crippen molar-refractivity contribution in [1.29, 1.82) is 0 Å². The fourth-order valence-corrected chi connectivity index (χ4v) is 2.37. The number of fused-ring (bicyclic) bond motifs is 1. The first kappa shape index (κ1) is 17.2. The van der Waals surface area contributed by atoms with Crippen LogP contribution in [-0.4, -0.2) is 39.6 Å². The van der Waals surface area contributed by atoms with Crippen LogP contribution in [0.1, 0.15) is 12.5 Å². The van der Waals surface area contributed by atoms with E-state index in [-0.39, 0.29) is 5.56 Å². The van der Waals surface area contributed by atoms with Gasteiger partial charge in [-0.1, -0.05) is 0 Å². The second kappa shape index (κ2) is 5.43. The number of halogens is 6. The SMILES string of the molecule is CC1=CC2=NC(C(F)(F)F)(C(F)(F)F)N=C(c3cccnc3)N2C=C1. The Morgan fingerprint density at radius 2 is 1.72 bits per heavy atom. The van der Waals surface area contributed by atoms with E-state index in [1.54, 1.807) is 0 Å². The summed E-state index contributed by atoms with van der Waals surface area (Å²) >= 11 is 0. The smallest absolute Gasteiger partial charge is 0.286 e. The van der Waals surface area contributed by atoms with Gasteiger partial charge in [-0.2, -0.15) is 26.3 Å². The summed E-state index contributed by atoms with van der Waals surface area (Å²) in [5, 5.41) is 0. The Hall–Kier alpha value is -2.65. The van der Waals surface area contributed by atoms with Crippen molar-refractivity contribution in [3.8, 4) is 0 Å². The van der Waals surface area contributed by atoms with Crippen molar-refractivity contribution in [1.82, 2.24) is 9.88 Å². The quantitative estimate of drug-likeness (QED) is 0.714. The van der Waals surface area contributed by atoms with E-state index in [0.29, 0.717) is 5.57 Å². The van der Waals surface area contributed by atoms with Gasteiger partial charge >= 0.3 is 18.0 Å². The third-order valence-corrected chi connectivity index (χ3v) is 3.57. The van der Waals surface area contributed by atoms with Gasteiger partial charge in [-0.25, -0.2) is 9.98 Å². The van der Waals surface area contributed by atoms with E-state index < -0.39 is 29.7 Å². The number of aliphatic imine (C=N–C) groups is 2. The first-order valence-corrected chi connectivity index (χ1v) is 6.94. The zero-order valence-electron chi connectivity index (χ0n) is 12.6. The molecule has 0 aliphatic carbocycles. The molecule has 0 fully saturated rings. The summed E-state index contributed by atoms with van der Waals surface area (Å²) in [6.45, 7) is 1.54. The Morgan fingerprint density at radius 3 is 2.28 bits per heavy atom. The lowest BCUT2D eigenvalue weighted by Gasteiger charge is -2.38. The van der Waals surface area contributed by atoms with Crippen molar-refractivity contribution in [2.75, 3.05) is 0 Å². The predicted octanol–water partition coefficient (Wildman–Crippen LogP) is 3.84. The van der Waals surface area contributed by atoms with Gasteiger partial charge in [-0.15, -0.1) is 0 Å². The number of amidine groups is 2. The molecule has 0 bridgehead atoms. The van der Waals surface area contributed by atoms with Gasteiger partial charge < -0.3 is 0 Å². The first-order valence-electron chi connectivity index (χ1n) is 6.94. The number of pyridine rings is 1. The Labute approximate surface area is 137 Å². The number of rotatable bonds is 1. The number of allylic oxidation sites excluding steroid dienone is 2. The van der Waals surface area contributed by atoms with Crippen molar-refractivity contribution in [2.45, 2.75) is 24.9 Å². The molecular formula is C15H10F6N4. The number of hydrogen-bond donors (Lipinski definition) is 0. The largest absolute Gasteiger partial charge is 0.443 e. The Balaban J connectivity index is 2.30. The van der Waals surface area contributed by atoms with Crippen LogP contribution in [0.2, 0.25) is 0 Å². The van der Waals surface area contributed by atoms with Gasteiger partial charge in [0.2, 0.25) is 0 Å². The molecule has 0 amide bonds. The number of aromatic nitrogens is 1. The highest BCUT2D eigenvalue weighted by atomic mass is 19.4. The average molecular weight is 360 g/mol. The Kier molecular flexibility index (Phi) is 3.73. The zero-order valence-corrected chi connectivity index (χ0v) is 12.6. The van der Waals surface area contributed by atoms with Crippen LogP contribution in [0.3, 0.4) is 0 Å². The Bertz CT molecular complexity index is 788. The van der Waals surface area contributed by atoms with Crippen LogP contribution >= 0.6 is 0 Å². The molecule has 1 aromatic heterocycles. The zero-order chi connectivity index (χ0) is 18.5.